The normalized spacial score (nSPS) is 10.9. The number of nitrogens with zero attached hydrogens (tertiary/aromatic N) is 3. The smallest absolute Gasteiger partial charge is 0.220 e. The second kappa shape index (κ2) is 6.24. The molecule has 6 nitrogen and oxygen atoms in total. The van der Waals surface area contributed by atoms with Gasteiger partial charge in [0.2, 0.25) is 5.95 Å². The summed E-state index contributed by atoms with van der Waals surface area (Å²) < 4.78 is 5.85. The highest BCUT2D eigenvalue weighted by molar-refractivity contribution is 5.81. The standard InChI is InChI=1S/C19H17N5O/c1-12-4-2-3-5-17(12)25-11-18-22-15-7-6-13(10-16(15)23-18)14-8-9-21-19(20)24-14/h2-10H,11H2,1H3,(H,22,23)(H2,20,21,24). The number of hydrogen-bond acceptors (Lipinski definition) is 5. The molecule has 0 amide bonds. The molecule has 0 fully saturated rings. The van der Waals surface area contributed by atoms with Crippen LogP contribution in [0, 0.1) is 6.92 Å². The van der Waals surface area contributed by atoms with Gasteiger partial charge >= 0.3 is 0 Å². The topological polar surface area (TPSA) is 89.7 Å². The fourth-order valence-electron chi connectivity index (χ4n) is 2.69. The van der Waals surface area contributed by atoms with E-state index in [4.69, 9.17) is 10.5 Å². The molecule has 0 unspecified atom stereocenters. The van der Waals surface area contributed by atoms with Crippen molar-refractivity contribution in [2.24, 2.45) is 0 Å². The van der Waals surface area contributed by atoms with Gasteiger partial charge in [-0.25, -0.2) is 15.0 Å². The molecule has 124 valence electrons. The van der Waals surface area contributed by atoms with Crippen LogP contribution >= 0.6 is 0 Å². The van der Waals surface area contributed by atoms with Crippen molar-refractivity contribution in [1.29, 1.82) is 0 Å². The summed E-state index contributed by atoms with van der Waals surface area (Å²) in [5, 5.41) is 0. The van der Waals surface area contributed by atoms with Crippen LogP contribution in [0.15, 0.2) is 54.7 Å². The van der Waals surface area contributed by atoms with Gasteiger partial charge in [0, 0.05) is 11.8 Å². The third kappa shape index (κ3) is 3.14. The lowest BCUT2D eigenvalue weighted by molar-refractivity contribution is 0.295. The van der Waals surface area contributed by atoms with E-state index >= 15 is 0 Å². The summed E-state index contributed by atoms with van der Waals surface area (Å²) in [4.78, 5) is 16.1. The molecule has 0 saturated carbocycles. The molecule has 4 rings (SSSR count). The third-order valence-electron chi connectivity index (χ3n) is 3.96. The predicted octanol–water partition coefficient (Wildman–Crippen LogP) is 3.49. The van der Waals surface area contributed by atoms with E-state index in [9.17, 15) is 0 Å². The number of aryl methyl sites for hydroxylation is 1. The maximum atomic E-state index is 5.85. The number of anilines is 1. The average Bonchev–Trinajstić information content (AvgIpc) is 3.03. The van der Waals surface area contributed by atoms with Gasteiger partial charge in [0.15, 0.2) is 0 Å². The van der Waals surface area contributed by atoms with E-state index in [1.54, 1.807) is 6.20 Å². The lowest BCUT2D eigenvalue weighted by Gasteiger charge is -2.06. The number of aromatic nitrogens is 4. The Kier molecular flexibility index (Phi) is 3.78. The SMILES string of the molecule is Cc1ccccc1OCc1nc2cc(-c3ccnc(N)n3)ccc2[nH]1. The van der Waals surface area contributed by atoms with Crippen LogP contribution in [-0.2, 0) is 6.61 Å². The zero-order chi connectivity index (χ0) is 17.2. The molecule has 3 N–H and O–H groups in total. The molecule has 0 spiro atoms. The minimum absolute atomic E-state index is 0.256. The molecule has 2 heterocycles. The molecule has 6 heteroatoms. The number of rotatable bonds is 4. The van der Waals surface area contributed by atoms with Gasteiger partial charge in [0.25, 0.3) is 0 Å². The molecule has 0 aliphatic carbocycles. The van der Waals surface area contributed by atoms with E-state index < -0.39 is 0 Å². The monoisotopic (exact) mass is 331 g/mol. The van der Waals surface area contributed by atoms with Gasteiger partial charge in [-0.2, -0.15) is 0 Å². The van der Waals surface area contributed by atoms with Crippen molar-refractivity contribution < 1.29 is 4.74 Å². The van der Waals surface area contributed by atoms with E-state index in [-0.39, 0.29) is 5.95 Å². The second-order valence-electron chi connectivity index (χ2n) is 5.77. The summed E-state index contributed by atoms with van der Waals surface area (Å²) >= 11 is 0. The number of benzene rings is 2. The number of para-hydroxylation sites is 1. The number of hydrogen-bond donors (Lipinski definition) is 2. The van der Waals surface area contributed by atoms with Crippen molar-refractivity contribution >= 4 is 17.0 Å². The fourth-order valence-corrected chi connectivity index (χ4v) is 2.69. The molecule has 0 radical (unpaired) electrons. The summed E-state index contributed by atoms with van der Waals surface area (Å²) in [6.07, 6.45) is 1.65. The van der Waals surface area contributed by atoms with E-state index in [0.29, 0.717) is 6.61 Å². The van der Waals surface area contributed by atoms with Crippen LogP contribution in [0.5, 0.6) is 5.75 Å². The van der Waals surface area contributed by atoms with Gasteiger partial charge in [0.05, 0.1) is 16.7 Å². The Labute approximate surface area is 144 Å². The number of imidazole rings is 1. The maximum absolute atomic E-state index is 5.85. The molecular formula is C19H17N5O. The lowest BCUT2D eigenvalue weighted by atomic mass is 10.1. The van der Waals surface area contributed by atoms with Gasteiger partial charge in [-0.3, -0.25) is 0 Å². The molecule has 25 heavy (non-hydrogen) atoms. The first-order valence-corrected chi connectivity index (χ1v) is 7.95. The van der Waals surface area contributed by atoms with E-state index in [0.717, 1.165) is 39.4 Å². The van der Waals surface area contributed by atoms with Crippen LogP contribution in [0.25, 0.3) is 22.3 Å². The molecule has 2 aromatic heterocycles. The molecule has 0 saturated heterocycles. The van der Waals surface area contributed by atoms with Crippen LogP contribution in [-0.4, -0.2) is 19.9 Å². The van der Waals surface area contributed by atoms with Crippen molar-refractivity contribution in [1.82, 2.24) is 19.9 Å². The lowest BCUT2D eigenvalue weighted by Crippen LogP contribution is -1.98. The van der Waals surface area contributed by atoms with Crippen LogP contribution in [0.1, 0.15) is 11.4 Å². The van der Waals surface area contributed by atoms with E-state index in [1.165, 1.54) is 0 Å². The summed E-state index contributed by atoms with van der Waals surface area (Å²) in [7, 11) is 0. The van der Waals surface area contributed by atoms with Crippen LogP contribution in [0.4, 0.5) is 5.95 Å². The number of nitrogen functional groups attached to an aromatic ring is 1. The van der Waals surface area contributed by atoms with Crippen molar-refractivity contribution in [3.63, 3.8) is 0 Å². The highest BCUT2D eigenvalue weighted by Gasteiger charge is 2.07. The molecule has 0 aliphatic heterocycles. The maximum Gasteiger partial charge on any atom is 0.220 e. The first-order chi connectivity index (χ1) is 12.2. The quantitative estimate of drug-likeness (QED) is 0.597. The zero-order valence-corrected chi connectivity index (χ0v) is 13.7. The highest BCUT2D eigenvalue weighted by Crippen LogP contribution is 2.23. The van der Waals surface area contributed by atoms with Crippen LogP contribution in [0.2, 0.25) is 0 Å². The highest BCUT2D eigenvalue weighted by atomic mass is 16.5. The summed E-state index contributed by atoms with van der Waals surface area (Å²) in [6.45, 7) is 2.41. The number of aromatic amines is 1. The second-order valence-corrected chi connectivity index (χ2v) is 5.77. The van der Waals surface area contributed by atoms with Gasteiger partial charge in [-0.1, -0.05) is 24.3 Å². The molecule has 4 aromatic rings. The first-order valence-electron chi connectivity index (χ1n) is 7.95. The number of nitrogens with one attached hydrogen (secondary N) is 1. The Morgan fingerprint density at radius 3 is 2.80 bits per heavy atom. The Morgan fingerprint density at radius 2 is 1.96 bits per heavy atom. The van der Waals surface area contributed by atoms with Gasteiger partial charge in [-0.15, -0.1) is 0 Å². The molecule has 0 aliphatic rings. The van der Waals surface area contributed by atoms with Gasteiger partial charge < -0.3 is 15.5 Å². The third-order valence-corrected chi connectivity index (χ3v) is 3.96. The Morgan fingerprint density at radius 1 is 1.08 bits per heavy atom. The number of H-pyrrole nitrogens is 1. The summed E-state index contributed by atoms with van der Waals surface area (Å²) in [5.74, 6) is 1.89. The van der Waals surface area contributed by atoms with Gasteiger partial charge in [-0.05, 0) is 36.8 Å². The van der Waals surface area contributed by atoms with Crippen LogP contribution < -0.4 is 10.5 Å². The average molecular weight is 331 g/mol. The number of nitrogens with two attached hydrogens (primary N) is 1. The Hall–Kier alpha value is -3.41. The van der Waals surface area contributed by atoms with Crippen molar-refractivity contribution in [3.05, 3.63) is 66.1 Å². The predicted molar refractivity (Wildman–Crippen MR) is 97.0 cm³/mol. The fraction of sp³-hybridized carbons (Fsp3) is 0.105. The number of ether oxygens (including phenoxy) is 1. The van der Waals surface area contributed by atoms with E-state index in [1.807, 2.05) is 55.5 Å². The molecule has 2 aromatic carbocycles. The molecular weight excluding hydrogens is 314 g/mol. The van der Waals surface area contributed by atoms with E-state index in [2.05, 4.69) is 19.9 Å². The summed E-state index contributed by atoms with van der Waals surface area (Å²) in [5.41, 5.74) is 10.3. The van der Waals surface area contributed by atoms with Crippen molar-refractivity contribution in [2.75, 3.05) is 5.73 Å². The largest absolute Gasteiger partial charge is 0.485 e. The summed E-state index contributed by atoms with van der Waals surface area (Å²) in [6, 6.07) is 15.7. The molecule has 0 bridgehead atoms. The minimum Gasteiger partial charge on any atom is -0.485 e. The Bertz CT molecular complexity index is 1040. The minimum atomic E-state index is 0.256. The molecule has 0 atom stereocenters. The zero-order valence-electron chi connectivity index (χ0n) is 13.7. The van der Waals surface area contributed by atoms with Crippen molar-refractivity contribution in [2.45, 2.75) is 13.5 Å². The number of fused-ring (bicyclic) bond motifs is 1. The van der Waals surface area contributed by atoms with Crippen molar-refractivity contribution in [3.8, 4) is 17.0 Å². The van der Waals surface area contributed by atoms with Gasteiger partial charge in [0.1, 0.15) is 18.2 Å². The van der Waals surface area contributed by atoms with Crippen LogP contribution in [0.3, 0.4) is 0 Å². The Balaban J connectivity index is 1.59. The first kappa shape index (κ1) is 15.1.